The molecule has 1 amide bonds. The van der Waals surface area contributed by atoms with Gasteiger partial charge in [-0.05, 0) is 57.2 Å². The first-order valence-corrected chi connectivity index (χ1v) is 7.18. The van der Waals surface area contributed by atoms with E-state index in [4.69, 9.17) is 5.84 Å². The molecule has 0 saturated heterocycles. The Bertz CT molecular complexity index is 524. The Labute approximate surface area is 121 Å². The molecule has 1 heterocycles. The van der Waals surface area contributed by atoms with E-state index in [9.17, 15) is 4.79 Å². The minimum absolute atomic E-state index is 0.0772. The van der Waals surface area contributed by atoms with E-state index < -0.39 is 0 Å². The predicted octanol–water partition coefficient (Wildman–Crippen LogP) is 2.47. The van der Waals surface area contributed by atoms with E-state index >= 15 is 0 Å². The zero-order chi connectivity index (χ0) is 15.1. The molecule has 0 aliphatic carbocycles. The quantitative estimate of drug-likeness (QED) is 0.495. The van der Waals surface area contributed by atoms with Crippen LogP contribution in [0.25, 0.3) is 0 Å². The Hall–Kier alpha value is -1.55. The van der Waals surface area contributed by atoms with Gasteiger partial charge in [0, 0.05) is 11.2 Å². The van der Waals surface area contributed by atoms with Gasteiger partial charge in [0.25, 0.3) is 5.91 Å². The molecule has 20 heavy (non-hydrogen) atoms. The lowest BCUT2D eigenvalue weighted by Gasteiger charge is -2.50. The number of aryl methyl sites for hydroxylation is 1. The highest BCUT2D eigenvalue weighted by atomic mass is 16.2. The molecule has 2 atom stereocenters. The van der Waals surface area contributed by atoms with Crippen LogP contribution < -0.4 is 16.2 Å². The minimum atomic E-state index is -0.289. The van der Waals surface area contributed by atoms with Crippen molar-refractivity contribution in [3.8, 4) is 0 Å². The smallest absolute Gasteiger partial charge is 0.256 e. The molecule has 0 radical (unpaired) electrons. The normalized spacial score (nSPS) is 22.1. The molecule has 0 spiro atoms. The molecule has 0 bridgehead atoms. The Morgan fingerprint density at radius 2 is 2.15 bits per heavy atom. The van der Waals surface area contributed by atoms with Crippen molar-refractivity contribution in [2.45, 2.75) is 58.5 Å². The Kier molecular flexibility index (Phi) is 3.78. The number of hydrogen-bond acceptors (Lipinski definition) is 3. The number of hydrazine groups is 1. The number of fused-ring (bicyclic) bond motifs is 1. The molecule has 1 aromatic carbocycles. The Morgan fingerprint density at radius 1 is 1.50 bits per heavy atom. The number of amides is 1. The van der Waals surface area contributed by atoms with Crippen LogP contribution in [0.1, 0.15) is 51.2 Å². The van der Waals surface area contributed by atoms with Crippen molar-refractivity contribution in [2.24, 2.45) is 5.84 Å². The number of nitrogens with zero attached hydrogens (tertiary/aromatic N) is 1. The van der Waals surface area contributed by atoms with Gasteiger partial charge in [-0.25, -0.2) is 5.84 Å². The molecule has 1 aromatic rings. The summed E-state index contributed by atoms with van der Waals surface area (Å²) in [6, 6.07) is 6.21. The summed E-state index contributed by atoms with van der Waals surface area (Å²) < 4.78 is 0. The summed E-state index contributed by atoms with van der Waals surface area (Å²) in [6.45, 7) is 10.6. The second-order valence-corrected chi connectivity index (χ2v) is 6.53. The second kappa shape index (κ2) is 5.09. The van der Waals surface area contributed by atoms with E-state index in [1.807, 2.05) is 6.92 Å². The van der Waals surface area contributed by atoms with Crippen LogP contribution in [0.2, 0.25) is 0 Å². The summed E-state index contributed by atoms with van der Waals surface area (Å²) >= 11 is 0. The molecular formula is C16H25N3O. The van der Waals surface area contributed by atoms with Gasteiger partial charge in [0.2, 0.25) is 0 Å². The lowest BCUT2D eigenvalue weighted by molar-refractivity contribution is -0.122. The third-order valence-corrected chi connectivity index (χ3v) is 4.34. The largest absolute Gasteiger partial charge is 0.354 e. The highest BCUT2D eigenvalue weighted by Crippen LogP contribution is 2.44. The van der Waals surface area contributed by atoms with Gasteiger partial charge in [-0.15, -0.1) is 0 Å². The first-order valence-electron chi connectivity index (χ1n) is 7.18. The first kappa shape index (κ1) is 14.9. The van der Waals surface area contributed by atoms with Crippen molar-refractivity contribution < 1.29 is 4.79 Å². The van der Waals surface area contributed by atoms with E-state index in [1.54, 1.807) is 0 Å². The molecule has 0 saturated carbocycles. The predicted molar refractivity (Wildman–Crippen MR) is 82.6 cm³/mol. The summed E-state index contributed by atoms with van der Waals surface area (Å²) in [5.41, 5.74) is 5.87. The zero-order valence-electron chi connectivity index (χ0n) is 13.0. The van der Waals surface area contributed by atoms with Crippen LogP contribution in [0, 0.1) is 6.92 Å². The number of nitrogens with one attached hydrogen (secondary N) is 1. The molecule has 0 fully saturated rings. The maximum absolute atomic E-state index is 12.0. The molecule has 4 heteroatoms. The highest BCUT2D eigenvalue weighted by Gasteiger charge is 2.40. The molecule has 2 rings (SSSR count). The van der Waals surface area contributed by atoms with E-state index in [1.165, 1.54) is 11.1 Å². The number of carbonyl (C=O) groups excluding carboxylic acids is 1. The van der Waals surface area contributed by atoms with Gasteiger partial charge < -0.3 is 4.90 Å². The number of anilines is 1. The second-order valence-electron chi connectivity index (χ2n) is 6.53. The molecule has 4 nitrogen and oxygen atoms in total. The lowest BCUT2D eigenvalue weighted by atomic mass is 9.79. The van der Waals surface area contributed by atoms with Gasteiger partial charge in [0.1, 0.15) is 6.04 Å². The van der Waals surface area contributed by atoms with Crippen LogP contribution in [-0.4, -0.2) is 17.5 Å². The number of benzene rings is 1. The van der Waals surface area contributed by atoms with Crippen molar-refractivity contribution in [3.63, 3.8) is 0 Å². The van der Waals surface area contributed by atoms with Gasteiger partial charge in [0.05, 0.1) is 0 Å². The molecule has 0 aromatic heterocycles. The Balaban J connectivity index is 2.56. The van der Waals surface area contributed by atoms with Crippen LogP contribution in [0.3, 0.4) is 0 Å². The summed E-state index contributed by atoms with van der Waals surface area (Å²) in [4.78, 5) is 14.2. The molecule has 1 aliphatic heterocycles. The standard InChI is InChI=1S/C16H25N3O/c1-10-6-7-13-11(2)9-16(4,5)19(14(13)8-10)12(3)15(20)18-17/h6-8,11-12H,9,17H2,1-5H3,(H,18,20)/t11-,12-/m1/s1. The summed E-state index contributed by atoms with van der Waals surface area (Å²) in [5, 5.41) is 0. The third kappa shape index (κ3) is 2.40. The SMILES string of the molecule is Cc1ccc2c(c1)N([C@H](C)C(=O)NN)C(C)(C)C[C@H]2C. The number of nitrogens with two attached hydrogens (primary N) is 1. The summed E-state index contributed by atoms with van der Waals surface area (Å²) in [5.74, 6) is 5.66. The summed E-state index contributed by atoms with van der Waals surface area (Å²) in [7, 11) is 0. The molecule has 3 N–H and O–H groups in total. The van der Waals surface area contributed by atoms with Gasteiger partial charge in [-0.2, -0.15) is 0 Å². The van der Waals surface area contributed by atoms with Gasteiger partial charge in [0.15, 0.2) is 0 Å². The van der Waals surface area contributed by atoms with Crippen LogP contribution in [0.15, 0.2) is 18.2 Å². The number of rotatable bonds is 2. The fourth-order valence-electron chi connectivity index (χ4n) is 3.53. The monoisotopic (exact) mass is 275 g/mol. The number of carbonyl (C=O) groups is 1. The lowest BCUT2D eigenvalue weighted by Crippen LogP contribution is -2.58. The molecule has 0 unspecified atom stereocenters. The first-order chi connectivity index (χ1) is 9.27. The van der Waals surface area contributed by atoms with Crippen LogP contribution in [-0.2, 0) is 4.79 Å². The van der Waals surface area contributed by atoms with Gasteiger partial charge >= 0.3 is 0 Å². The maximum atomic E-state index is 12.0. The average molecular weight is 275 g/mol. The van der Waals surface area contributed by atoms with Crippen molar-refractivity contribution in [2.75, 3.05) is 4.90 Å². The number of hydrogen-bond donors (Lipinski definition) is 2. The maximum Gasteiger partial charge on any atom is 0.256 e. The van der Waals surface area contributed by atoms with Crippen LogP contribution in [0.5, 0.6) is 0 Å². The van der Waals surface area contributed by atoms with E-state index in [0.717, 1.165) is 12.1 Å². The van der Waals surface area contributed by atoms with E-state index in [2.05, 4.69) is 56.2 Å². The molecule has 110 valence electrons. The highest BCUT2D eigenvalue weighted by molar-refractivity contribution is 5.85. The van der Waals surface area contributed by atoms with Crippen LogP contribution in [0.4, 0.5) is 5.69 Å². The van der Waals surface area contributed by atoms with Crippen molar-refractivity contribution in [1.29, 1.82) is 0 Å². The average Bonchev–Trinajstić information content (AvgIpc) is 2.35. The fraction of sp³-hybridized carbons (Fsp3) is 0.562. The van der Waals surface area contributed by atoms with Crippen molar-refractivity contribution in [1.82, 2.24) is 5.43 Å². The van der Waals surface area contributed by atoms with Crippen molar-refractivity contribution in [3.05, 3.63) is 29.3 Å². The minimum Gasteiger partial charge on any atom is -0.354 e. The topological polar surface area (TPSA) is 58.4 Å². The zero-order valence-corrected chi connectivity index (χ0v) is 13.0. The van der Waals surface area contributed by atoms with Crippen LogP contribution >= 0.6 is 0 Å². The summed E-state index contributed by atoms with van der Waals surface area (Å²) in [6.07, 6.45) is 1.02. The Morgan fingerprint density at radius 3 is 2.75 bits per heavy atom. The van der Waals surface area contributed by atoms with E-state index in [0.29, 0.717) is 5.92 Å². The van der Waals surface area contributed by atoms with E-state index in [-0.39, 0.29) is 17.5 Å². The third-order valence-electron chi connectivity index (χ3n) is 4.34. The molecule has 1 aliphatic rings. The molecular weight excluding hydrogens is 250 g/mol. The fourth-order valence-corrected chi connectivity index (χ4v) is 3.53. The van der Waals surface area contributed by atoms with Gasteiger partial charge in [-0.3, -0.25) is 10.2 Å². The van der Waals surface area contributed by atoms with Crippen molar-refractivity contribution >= 4 is 11.6 Å². The van der Waals surface area contributed by atoms with Gasteiger partial charge in [-0.1, -0.05) is 19.1 Å².